The Kier molecular flexibility index (Phi) is 7.97. The van der Waals surface area contributed by atoms with Gasteiger partial charge in [-0.15, -0.1) is 0 Å². The number of ether oxygens (including phenoxy) is 1. The lowest BCUT2D eigenvalue weighted by Gasteiger charge is -2.19. The Labute approximate surface area is 99.7 Å². The van der Waals surface area contributed by atoms with Gasteiger partial charge in [0.1, 0.15) is 6.10 Å². The minimum atomic E-state index is -0.658. The molecule has 0 amide bonds. The highest BCUT2D eigenvalue weighted by Crippen LogP contribution is 2.07. The molecule has 91 valence electrons. The molecule has 0 heterocycles. The molecule has 0 aromatic heterocycles. The molecule has 0 unspecified atom stereocenters. The lowest BCUT2D eigenvalue weighted by Crippen LogP contribution is -2.19. The van der Waals surface area contributed by atoms with E-state index in [1.165, 1.54) is 0 Å². The standard InChI is InChI=1S/C14H23O2/c1-13(15)11-9-7-5-6-8-10-12-16-14(2,3)4/h9,11,13H,6,8,10,12H2,1-4H3/t13-/m0/s1. The van der Waals surface area contributed by atoms with Gasteiger partial charge in [-0.3, -0.25) is 0 Å². The zero-order valence-electron chi connectivity index (χ0n) is 10.9. The third-order valence-electron chi connectivity index (χ3n) is 1.78. The first-order valence-corrected chi connectivity index (χ1v) is 5.86. The normalized spacial score (nSPS) is 13.6. The second kappa shape index (κ2) is 8.38. The van der Waals surface area contributed by atoms with Crippen molar-refractivity contribution in [3.8, 4) is 11.8 Å². The first-order valence-electron chi connectivity index (χ1n) is 5.86. The van der Waals surface area contributed by atoms with Gasteiger partial charge in [0.2, 0.25) is 0 Å². The van der Waals surface area contributed by atoms with Crippen LogP contribution in [0.5, 0.6) is 0 Å². The molecule has 0 aliphatic rings. The highest BCUT2D eigenvalue weighted by molar-refractivity contribution is 5.15. The summed E-state index contributed by atoms with van der Waals surface area (Å²) < 4.78 is 5.59. The maximum Gasteiger partial charge on any atom is 0.109 e. The lowest BCUT2D eigenvalue weighted by molar-refractivity contribution is -0.00443. The van der Waals surface area contributed by atoms with E-state index in [4.69, 9.17) is 4.74 Å². The van der Waals surface area contributed by atoms with Crippen LogP contribution in [0.15, 0.2) is 12.2 Å². The second-order valence-electron chi connectivity index (χ2n) is 4.80. The summed E-state index contributed by atoms with van der Waals surface area (Å²) in [5.41, 5.74) is -0.0430. The van der Waals surface area contributed by atoms with E-state index in [0.717, 1.165) is 25.9 Å². The van der Waals surface area contributed by atoms with Crippen LogP contribution < -0.4 is 0 Å². The van der Waals surface area contributed by atoms with Gasteiger partial charge in [0.15, 0.2) is 0 Å². The molecule has 0 aromatic carbocycles. The predicted molar refractivity (Wildman–Crippen MR) is 66.6 cm³/mol. The fourth-order valence-corrected chi connectivity index (χ4v) is 1.01. The summed E-state index contributed by atoms with van der Waals surface area (Å²) in [6, 6.07) is 0. The van der Waals surface area contributed by atoms with E-state index in [1.54, 1.807) is 19.1 Å². The van der Waals surface area contributed by atoms with E-state index < -0.39 is 6.10 Å². The second-order valence-corrected chi connectivity index (χ2v) is 4.80. The van der Waals surface area contributed by atoms with Gasteiger partial charge in [0.05, 0.1) is 5.60 Å². The van der Waals surface area contributed by atoms with Gasteiger partial charge >= 0.3 is 0 Å². The Balaban J connectivity index is 3.40. The highest BCUT2D eigenvalue weighted by atomic mass is 16.5. The highest BCUT2D eigenvalue weighted by Gasteiger charge is 2.08. The topological polar surface area (TPSA) is 29.1 Å². The van der Waals surface area contributed by atoms with Crippen LogP contribution in [-0.4, -0.2) is 18.3 Å². The Morgan fingerprint density at radius 3 is 2.56 bits per heavy atom. The molecule has 16 heavy (non-hydrogen) atoms. The molecule has 0 N–H and O–H groups in total. The van der Waals surface area contributed by atoms with Crippen LogP contribution >= 0.6 is 0 Å². The molecular formula is C14H23O2. The van der Waals surface area contributed by atoms with Gasteiger partial charge in [-0.1, -0.05) is 11.8 Å². The molecule has 0 fully saturated rings. The molecule has 1 atom stereocenters. The van der Waals surface area contributed by atoms with Crippen molar-refractivity contribution >= 4 is 0 Å². The summed E-state index contributed by atoms with van der Waals surface area (Å²) in [4.78, 5) is 0. The maximum absolute atomic E-state index is 10.6. The molecule has 0 bridgehead atoms. The Morgan fingerprint density at radius 1 is 1.31 bits per heavy atom. The smallest absolute Gasteiger partial charge is 0.109 e. The van der Waals surface area contributed by atoms with Crippen molar-refractivity contribution in [3.05, 3.63) is 12.2 Å². The Hall–Kier alpha value is -0.780. The first-order chi connectivity index (χ1) is 7.42. The van der Waals surface area contributed by atoms with Crippen molar-refractivity contribution in [2.24, 2.45) is 0 Å². The molecule has 2 nitrogen and oxygen atoms in total. The number of allylic oxidation sites excluding steroid dienone is 1. The molecule has 1 radical (unpaired) electrons. The van der Waals surface area contributed by atoms with Crippen molar-refractivity contribution in [2.45, 2.75) is 58.7 Å². The molecule has 0 spiro atoms. The van der Waals surface area contributed by atoms with Crippen LogP contribution in [0.2, 0.25) is 0 Å². The lowest BCUT2D eigenvalue weighted by atomic mass is 10.2. The average Bonchev–Trinajstić information content (AvgIpc) is 2.13. The van der Waals surface area contributed by atoms with Crippen molar-refractivity contribution in [1.29, 1.82) is 0 Å². The van der Waals surface area contributed by atoms with Crippen molar-refractivity contribution in [3.63, 3.8) is 0 Å². The summed E-state index contributed by atoms with van der Waals surface area (Å²) >= 11 is 0. The summed E-state index contributed by atoms with van der Waals surface area (Å²) in [5, 5.41) is 10.6. The maximum atomic E-state index is 10.6. The molecule has 0 aliphatic carbocycles. The monoisotopic (exact) mass is 223 g/mol. The number of unbranched alkanes of at least 4 members (excludes halogenated alkanes) is 2. The Bertz CT molecular complexity index is 248. The minimum Gasteiger partial charge on any atom is -0.376 e. The largest absolute Gasteiger partial charge is 0.376 e. The van der Waals surface area contributed by atoms with E-state index in [9.17, 15) is 5.11 Å². The fraction of sp³-hybridized carbons (Fsp3) is 0.714. The van der Waals surface area contributed by atoms with Gasteiger partial charge in [-0.05, 0) is 52.7 Å². The van der Waals surface area contributed by atoms with Crippen molar-refractivity contribution in [2.75, 3.05) is 6.61 Å². The zero-order chi connectivity index (χ0) is 12.4. The van der Waals surface area contributed by atoms with E-state index in [1.807, 2.05) is 0 Å². The summed E-state index contributed by atoms with van der Waals surface area (Å²) in [7, 11) is 0. The Morgan fingerprint density at radius 2 is 2.00 bits per heavy atom. The minimum absolute atomic E-state index is 0.0430. The van der Waals surface area contributed by atoms with Crippen molar-refractivity contribution in [1.82, 2.24) is 0 Å². The molecular weight excluding hydrogens is 200 g/mol. The number of hydrogen-bond donors (Lipinski definition) is 0. The van der Waals surface area contributed by atoms with Gasteiger partial charge in [0, 0.05) is 13.0 Å². The van der Waals surface area contributed by atoms with Crippen LogP contribution in [0.1, 0.15) is 47.0 Å². The van der Waals surface area contributed by atoms with E-state index in [0.29, 0.717) is 0 Å². The van der Waals surface area contributed by atoms with Crippen LogP contribution in [0.4, 0.5) is 0 Å². The van der Waals surface area contributed by atoms with E-state index in [-0.39, 0.29) is 5.60 Å². The molecule has 0 aliphatic heterocycles. The number of rotatable bonds is 5. The van der Waals surface area contributed by atoms with E-state index >= 15 is 0 Å². The molecule has 0 saturated carbocycles. The number of hydrogen-bond acceptors (Lipinski definition) is 1. The molecule has 2 heteroatoms. The predicted octanol–water partition coefficient (Wildman–Crippen LogP) is 3.35. The van der Waals surface area contributed by atoms with Gasteiger partial charge in [-0.2, -0.15) is 0 Å². The van der Waals surface area contributed by atoms with Crippen LogP contribution in [-0.2, 0) is 9.84 Å². The fourth-order valence-electron chi connectivity index (χ4n) is 1.01. The van der Waals surface area contributed by atoms with Crippen LogP contribution in [0.25, 0.3) is 0 Å². The van der Waals surface area contributed by atoms with Crippen LogP contribution in [0.3, 0.4) is 0 Å². The van der Waals surface area contributed by atoms with E-state index in [2.05, 4.69) is 32.6 Å². The third kappa shape index (κ3) is 13.2. The van der Waals surface area contributed by atoms with Gasteiger partial charge < -0.3 is 4.74 Å². The third-order valence-corrected chi connectivity index (χ3v) is 1.78. The molecule has 0 rings (SSSR count). The summed E-state index contributed by atoms with van der Waals surface area (Å²) in [6.07, 6.45) is 5.50. The molecule has 0 saturated heterocycles. The van der Waals surface area contributed by atoms with Crippen LogP contribution in [0, 0.1) is 11.8 Å². The first kappa shape index (κ1) is 15.2. The average molecular weight is 223 g/mol. The van der Waals surface area contributed by atoms with Crippen molar-refractivity contribution < 1.29 is 9.84 Å². The van der Waals surface area contributed by atoms with Gasteiger partial charge in [0.25, 0.3) is 0 Å². The quantitative estimate of drug-likeness (QED) is 0.519. The summed E-state index contributed by atoms with van der Waals surface area (Å²) in [5.74, 6) is 5.86. The van der Waals surface area contributed by atoms with Gasteiger partial charge in [-0.25, -0.2) is 5.11 Å². The zero-order valence-corrected chi connectivity index (χ0v) is 10.9. The molecule has 0 aromatic rings. The summed E-state index contributed by atoms with van der Waals surface area (Å²) in [6.45, 7) is 8.56. The SMILES string of the molecule is C[C@H]([O])C=CC#CCCCCOC(C)(C)C.